The number of benzene rings is 3. The summed E-state index contributed by atoms with van der Waals surface area (Å²) in [6.07, 6.45) is 1.89. The van der Waals surface area contributed by atoms with Gasteiger partial charge in [-0.3, -0.25) is 4.98 Å². The molecule has 0 saturated heterocycles. The average molecular weight is 386 g/mol. The van der Waals surface area contributed by atoms with Crippen LogP contribution in [0.2, 0.25) is 5.02 Å². The summed E-state index contributed by atoms with van der Waals surface area (Å²) >= 11 is 6.09. The van der Waals surface area contributed by atoms with Crippen molar-refractivity contribution in [1.82, 2.24) is 14.8 Å². The van der Waals surface area contributed by atoms with E-state index in [1.54, 1.807) is 7.11 Å². The van der Waals surface area contributed by atoms with E-state index in [1.807, 2.05) is 77.6 Å². The molecule has 0 N–H and O–H groups in total. The second-order valence-corrected chi connectivity index (χ2v) is 6.94. The molecule has 0 amide bonds. The van der Waals surface area contributed by atoms with Crippen LogP contribution in [0.4, 0.5) is 0 Å². The Bertz CT molecular complexity index is 1310. The molecular weight excluding hydrogens is 370 g/mol. The van der Waals surface area contributed by atoms with Crippen LogP contribution in [0, 0.1) is 0 Å². The van der Waals surface area contributed by atoms with Crippen molar-refractivity contribution >= 4 is 33.4 Å². The molecule has 5 rings (SSSR count). The topological polar surface area (TPSA) is 39.9 Å². The van der Waals surface area contributed by atoms with Crippen molar-refractivity contribution in [3.8, 4) is 22.7 Å². The lowest BCUT2D eigenvalue weighted by Crippen LogP contribution is -1.97. The first-order valence-electron chi connectivity index (χ1n) is 8.91. The Morgan fingerprint density at radius 2 is 1.71 bits per heavy atom. The van der Waals surface area contributed by atoms with E-state index < -0.39 is 0 Å². The summed E-state index contributed by atoms with van der Waals surface area (Å²) in [6.45, 7) is 0. The molecular formula is C23H16ClN3O. The number of ether oxygens (including phenoxy) is 1. The first-order chi connectivity index (χ1) is 13.7. The van der Waals surface area contributed by atoms with Crippen LogP contribution in [0.3, 0.4) is 0 Å². The lowest BCUT2D eigenvalue weighted by molar-refractivity contribution is 0.415. The van der Waals surface area contributed by atoms with Crippen molar-refractivity contribution in [1.29, 1.82) is 0 Å². The van der Waals surface area contributed by atoms with Gasteiger partial charge in [0.15, 0.2) is 0 Å². The van der Waals surface area contributed by atoms with Crippen LogP contribution in [0.25, 0.3) is 38.8 Å². The first kappa shape index (κ1) is 16.8. The summed E-state index contributed by atoms with van der Waals surface area (Å²) in [7, 11) is 1.67. The van der Waals surface area contributed by atoms with Gasteiger partial charge in [-0.1, -0.05) is 41.9 Å². The van der Waals surface area contributed by atoms with E-state index in [-0.39, 0.29) is 0 Å². The number of hydrogen-bond acceptors (Lipinski definition) is 3. The molecule has 0 radical (unpaired) electrons. The van der Waals surface area contributed by atoms with Gasteiger partial charge in [-0.25, -0.2) is 4.68 Å². The second kappa shape index (κ2) is 6.66. The number of hydrogen-bond donors (Lipinski definition) is 0. The van der Waals surface area contributed by atoms with Gasteiger partial charge in [0.25, 0.3) is 0 Å². The zero-order valence-electron chi connectivity index (χ0n) is 15.1. The Labute approximate surface area is 167 Å². The number of aromatic nitrogens is 3. The van der Waals surface area contributed by atoms with E-state index in [1.165, 1.54) is 0 Å². The lowest BCUT2D eigenvalue weighted by Gasteiger charge is -2.06. The predicted molar refractivity (Wildman–Crippen MR) is 113 cm³/mol. The van der Waals surface area contributed by atoms with Gasteiger partial charge in [0.05, 0.1) is 23.8 Å². The fraction of sp³-hybridized carbons (Fsp3) is 0.0435. The molecule has 0 spiro atoms. The highest BCUT2D eigenvalue weighted by atomic mass is 35.5. The quantitative estimate of drug-likeness (QED) is 0.388. The monoisotopic (exact) mass is 385 g/mol. The molecule has 0 bridgehead atoms. The Morgan fingerprint density at radius 3 is 2.54 bits per heavy atom. The molecule has 0 aliphatic carbocycles. The molecule has 5 heteroatoms. The van der Waals surface area contributed by atoms with Gasteiger partial charge in [0.1, 0.15) is 11.4 Å². The highest BCUT2D eigenvalue weighted by molar-refractivity contribution is 6.30. The third kappa shape index (κ3) is 2.70. The molecule has 28 heavy (non-hydrogen) atoms. The minimum Gasteiger partial charge on any atom is -0.497 e. The van der Waals surface area contributed by atoms with Crippen LogP contribution in [-0.4, -0.2) is 21.9 Å². The number of methoxy groups -OCH3 is 1. The molecule has 0 saturated carbocycles. The van der Waals surface area contributed by atoms with Crippen molar-refractivity contribution in [2.45, 2.75) is 0 Å². The van der Waals surface area contributed by atoms with E-state index in [0.717, 1.165) is 44.5 Å². The Balaban J connectivity index is 1.87. The highest BCUT2D eigenvalue weighted by Crippen LogP contribution is 2.34. The molecule has 5 aromatic rings. The Hall–Kier alpha value is -3.37. The number of para-hydroxylation sites is 1. The second-order valence-electron chi connectivity index (χ2n) is 6.51. The van der Waals surface area contributed by atoms with Gasteiger partial charge in [0.2, 0.25) is 0 Å². The number of pyridine rings is 1. The number of nitrogens with zero attached hydrogens (tertiary/aromatic N) is 3. The lowest BCUT2D eigenvalue weighted by atomic mass is 10.1. The summed E-state index contributed by atoms with van der Waals surface area (Å²) in [4.78, 5) is 4.65. The van der Waals surface area contributed by atoms with Crippen LogP contribution in [-0.2, 0) is 0 Å². The minimum absolute atomic E-state index is 0.694. The van der Waals surface area contributed by atoms with Crippen molar-refractivity contribution in [2.75, 3.05) is 7.11 Å². The summed E-state index contributed by atoms with van der Waals surface area (Å²) < 4.78 is 7.36. The van der Waals surface area contributed by atoms with Crippen LogP contribution in [0.5, 0.6) is 5.75 Å². The number of halogens is 1. The number of fused-ring (bicyclic) bond motifs is 3. The maximum Gasteiger partial charge on any atom is 0.119 e. The number of rotatable bonds is 3. The zero-order chi connectivity index (χ0) is 19.1. The summed E-state index contributed by atoms with van der Waals surface area (Å²) in [6, 6.07) is 23.7. The van der Waals surface area contributed by atoms with Crippen molar-refractivity contribution in [2.24, 2.45) is 0 Å². The van der Waals surface area contributed by atoms with Gasteiger partial charge >= 0.3 is 0 Å². The third-order valence-electron chi connectivity index (χ3n) is 4.83. The van der Waals surface area contributed by atoms with Crippen LogP contribution >= 0.6 is 11.6 Å². The summed E-state index contributed by atoms with van der Waals surface area (Å²) in [5.41, 5.74) is 4.74. The van der Waals surface area contributed by atoms with Gasteiger partial charge in [-0.2, -0.15) is 5.10 Å². The molecule has 2 aromatic heterocycles. The van der Waals surface area contributed by atoms with Crippen molar-refractivity contribution in [3.63, 3.8) is 0 Å². The summed E-state index contributed by atoms with van der Waals surface area (Å²) in [5, 5.41) is 7.70. The van der Waals surface area contributed by atoms with Gasteiger partial charge in [-0.15, -0.1) is 0 Å². The van der Waals surface area contributed by atoms with Crippen LogP contribution < -0.4 is 4.74 Å². The van der Waals surface area contributed by atoms with Gasteiger partial charge in [0, 0.05) is 27.6 Å². The van der Waals surface area contributed by atoms with Crippen molar-refractivity contribution in [3.05, 3.63) is 84.0 Å². The third-order valence-corrected chi connectivity index (χ3v) is 5.08. The molecule has 0 atom stereocenters. The molecule has 0 unspecified atom stereocenters. The minimum atomic E-state index is 0.694. The maximum absolute atomic E-state index is 6.09. The Morgan fingerprint density at radius 1 is 0.893 bits per heavy atom. The normalized spacial score (nSPS) is 11.2. The smallest absolute Gasteiger partial charge is 0.119 e. The molecule has 0 aliphatic rings. The first-order valence-corrected chi connectivity index (χ1v) is 9.29. The van der Waals surface area contributed by atoms with Crippen molar-refractivity contribution < 1.29 is 4.74 Å². The van der Waals surface area contributed by atoms with E-state index in [4.69, 9.17) is 21.4 Å². The summed E-state index contributed by atoms with van der Waals surface area (Å²) in [5.74, 6) is 0.792. The highest BCUT2D eigenvalue weighted by Gasteiger charge is 2.17. The SMILES string of the molecule is COc1cccc(-c2nn(-c3ccc(Cl)cc3)c3c2cnc2ccccc23)c1. The molecule has 0 fully saturated rings. The van der Waals surface area contributed by atoms with E-state index in [2.05, 4.69) is 11.1 Å². The van der Waals surface area contributed by atoms with E-state index in [9.17, 15) is 0 Å². The molecule has 0 aliphatic heterocycles. The standard InChI is InChI=1S/C23H16ClN3O/c1-28-18-6-4-5-15(13-18)22-20-14-25-21-8-3-2-7-19(21)23(20)27(26-22)17-11-9-16(24)10-12-17/h2-14H,1H3. The van der Waals surface area contributed by atoms with Gasteiger partial charge in [-0.05, 0) is 42.5 Å². The predicted octanol–water partition coefficient (Wildman–Crippen LogP) is 5.90. The molecule has 136 valence electrons. The Kier molecular flexibility index (Phi) is 3.99. The van der Waals surface area contributed by atoms with E-state index in [0.29, 0.717) is 5.02 Å². The fourth-order valence-electron chi connectivity index (χ4n) is 3.48. The fourth-order valence-corrected chi connectivity index (χ4v) is 3.61. The van der Waals surface area contributed by atoms with Crippen LogP contribution in [0.1, 0.15) is 0 Å². The molecule has 4 nitrogen and oxygen atoms in total. The van der Waals surface area contributed by atoms with E-state index >= 15 is 0 Å². The van der Waals surface area contributed by atoms with Gasteiger partial charge < -0.3 is 4.74 Å². The molecule has 3 aromatic carbocycles. The zero-order valence-corrected chi connectivity index (χ0v) is 15.9. The largest absolute Gasteiger partial charge is 0.497 e. The maximum atomic E-state index is 6.09. The average Bonchev–Trinajstić information content (AvgIpc) is 3.14. The van der Waals surface area contributed by atoms with Crippen LogP contribution in [0.15, 0.2) is 79.0 Å². The molecule has 2 heterocycles.